The molecule has 2 rings (SSSR count). The predicted octanol–water partition coefficient (Wildman–Crippen LogP) is 3.37. The summed E-state index contributed by atoms with van der Waals surface area (Å²) in [6.07, 6.45) is 0. The van der Waals surface area contributed by atoms with Gasteiger partial charge in [0, 0.05) is 20.1 Å². The molecule has 0 aliphatic carbocycles. The van der Waals surface area contributed by atoms with Crippen LogP contribution in [0.4, 0.5) is 0 Å². The van der Waals surface area contributed by atoms with Crippen LogP contribution in [0.5, 0.6) is 0 Å². The highest BCUT2D eigenvalue weighted by Crippen LogP contribution is 2.11. The minimum Gasteiger partial charge on any atom is -0.456 e. The van der Waals surface area contributed by atoms with Crippen molar-refractivity contribution in [3.05, 3.63) is 68.6 Å². The topological polar surface area (TPSA) is 72.5 Å². The van der Waals surface area contributed by atoms with Crippen LogP contribution in [0.15, 0.2) is 57.5 Å². The van der Waals surface area contributed by atoms with Gasteiger partial charge in [-0.1, -0.05) is 44.0 Å². The van der Waals surface area contributed by atoms with Crippen molar-refractivity contribution in [2.24, 2.45) is 0 Å². The molecule has 5 nitrogen and oxygen atoms in total. The number of hydrogen-bond acceptors (Lipinski definition) is 4. The average molecular weight is 455 g/mol. The highest BCUT2D eigenvalue weighted by atomic mass is 79.9. The van der Waals surface area contributed by atoms with Crippen LogP contribution >= 0.6 is 31.9 Å². The Kier molecular flexibility index (Phi) is 6.69. The summed E-state index contributed by atoms with van der Waals surface area (Å²) >= 11 is 6.55. The van der Waals surface area contributed by atoms with E-state index < -0.39 is 11.9 Å². The van der Waals surface area contributed by atoms with Crippen LogP contribution < -0.4 is 5.32 Å². The number of carbonyl (C=O) groups is 3. The van der Waals surface area contributed by atoms with Crippen molar-refractivity contribution >= 4 is 49.5 Å². The van der Waals surface area contributed by atoms with Crippen LogP contribution in [0.3, 0.4) is 0 Å². The second-order valence-electron chi connectivity index (χ2n) is 4.78. The van der Waals surface area contributed by atoms with E-state index in [-0.39, 0.29) is 18.9 Å². The number of ketones is 1. The van der Waals surface area contributed by atoms with Crippen LogP contribution in [0.25, 0.3) is 0 Å². The minimum atomic E-state index is -0.675. The third-order valence-electron chi connectivity index (χ3n) is 3.03. The van der Waals surface area contributed by atoms with E-state index in [9.17, 15) is 14.4 Å². The van der Waals surface area contributed by atoms with Gasteiger partial charge >= 0.3 is 5.97 Å². The summed E-state index contributed by atoms with van der Waals surface area (Å²) in [4.78, 5) is 35.3. The molecule has 1 N–H and O–H groups in total. The molecule has 124 valence electrons. The van der Waals surface area contributed by atoms with Crippen LogP contribution in [0.1, 0.15) is 20.7 Å². The molecule has 2 aromatic carbocycles. The Balaban J connectivity index is 1.77. The summed E-state index contributed by atoms with van der Waals surface area (Å²) in [7, 11) is 0. The fourth-order valence-corrected chi connectivity index (χ4v) is 2.30. The van der Waals surface area contributed by atoms with E-state index in [0.717, 1.165) is 8.95 Å². The number of rotatable bonds is 6. The third-order valence-corrected chi connectivity index (χ3v) is 4.09. The van der Waals surface area contributed by atoms with E-state index in [0.29, 0.717) is 11.1 Å². The molecule has 0 saturated carbocycles. The molecule has 0 atom stereocenters. The van der Waals surface area contributed by atoms with Gasteiger partial charge in [-0.15, -0.1) is 0 Å². The normalized spacial score (nSPS) is 10.1. The Bertz CT molecular complexity index is 679. The number of benzene rings is 2. The van der Waals surface area contributed by atoms with Crippen molar-refractivity contribution in [1.82, 2.24) is 5.32 Å². The summed E-state index contributed by atoms with van der Waals surface area (Å²) < 4.78 is 6.58. The van der Waals surface area contributed by atoms with Gasteiger partial charge in [0.1, 0.15) is 6.54 Å². The van der Waals surface area contributed by atoms with Gasteiger partial charge < -0.3 is 10.1 Å². The molecule has 1 amide bonds. The lowest BCUT2D eigenvalue weighted by Crippen LogP contribution is -2.31. The number of ether oxygens (including phenoxy) is 1. The molecule has 0 aliphatic rings. The first-order valence-corrected chi connectivity index (χ1v) is 8.52. The number of amides is 1. The van der Waals surface area contributed by atoms with Gasteiger partial charge in [-0.25, -0.2) is 0 Å². The van der Waals surface area contributed by atoms with Crippen molar-refractivity contribution in [1.29, 1.82) is 0 Å². The first-order valence-electron chi connectivity index (χ1n) is 6.94. The fraction of sp³-hybridized carbons (Fsp3) is 0.118. The lowest BCUT2D eigenvalue weighted by Gasteiger charge is -2.06. The van der Waals surface area contributed by atoms with E-state index >= 15 is 0 Å². The number of halogens is 2. The van der Waals surface area contributed by atoms with Crippen molar-refractivity contribution in [2.75, 3.05) is 13.2 Å². The fourth-order valence-electron chi connectivity index (χ4n) is 1.77. The summed E-state index contributed by atoms with van der Waals surface area (Å²) in [6, 6.07) is 13.4. The minimum absolute atomic E-state index is 0.303. The summed E-state index contributed by atoms with van der Waals surface area (Å²) in [6.45, 7) is -0.670. The second kappa shape index (κ2) is 8.75. The maximum absolute atomic E-state index is 11.9. The summed E-state index contributed by atoms with van der Waals surface area (Å²) in [5, 5.41) is 2.44. The third kappa shape index (κ3) is 5.58. The Labute approximate surface area is 155 Å². The maximum atomic E-state index is 11.9. The average Bonchev–Trinajstić information content (AvgIpc) is 2.58. The quantitative estimate of drug-likeness (QED) is 0.536. The SMILES string of the molecule is O=C(CNC(=O)c1ccc(Br)cc1)OCC(=O)c1ccc(Br)cc1. The molecule has 0 heterocycles. The number of nitrogens with one attached hydrogen (secondary N) is 1. The number of carbonyl (C=O) groups excluding carboxylic acids is 3. The van der Waals surface area contributed by atoms with Crippen LogP contribution in [-0.4, -0.2) is 30.8 Å². The van der Waals surface area contributed by atoms with Gasteiger partial charge in [0.2, 0.25) is 0 Å². The molecule has 24 heavy (non-hydrogen) atoms. The molecule has 0 fully saturated rings. The maximum Gasteiger partial charge on any atom is 0.325 e. The molecule has 0 aromatic heterocycles. The number of esters is 1. The zero-order chi connectivity index (χ0) is 17.5. The molecule has 0 aliphatic heterocycles. The van der Waals surface area contributed by atoms with Crippen molar-refractivity contribution in [3.8, 4) is 0 Å². The Morgan fingerprint density at radius 1 is 0.833 bits per heavy atom. The Hall–Kier alpha value is -1.99. The highest BCUT2D eigenvalue weighted by Gasteiger charge is 2.12. The standard InChI is InChI=1S/C17H13Br2NO4/c18-13-5-1-11(2-6-13)15(21)10-24-16(22)9-20-17(23)12-3-7-14(19)8-4-12/h1-8H,9-10H2,(H,20,23). The van der Waals surface area contributed by atoms with Gasteiger partial charge in [-0.05, 0) is 36.4 Å². The number of Topliss-reactive ketones (excluding diaryl/α,β-unsaturated/α-hetero) is 1. The Morgan fingerprint density at radius 3 is 1.88 bits per heavy atom. The monoisotopic (exact) mass is 453 g/mol. The van der Waals surface area contributed by atoms with Crippen molar-refractivity contribution in [3.63, 3.8) is 0 Å². The molecule has 0 saturated heterocycles. The molecular weight excluding hydrogens is 442 g/mol. The van der Waals surface area contributed by atoms with Gasteiger partial charge in [-0.2, -0.15) is 0 Å². The zero-order valence-corrected chi connectivity index (χ0v) is 15.6. The summed E-state index contributed by atoms with van der Waals surface area (Å²) in [5.41, 5.74) is 0.877. The van der Waals surface area contributed by atoms with E-state index in [1.807, 2.05) is 0 Å². The lowest BCUT2D eigenvalue weighted by molar-refractivity contribution is -0.141. The second-order valence-corrected chi connectivity index (χ2v) is 6.61. The predicted molar refractivity (Wildman–Crippen MR) is 95.9 cm³/mol. The molecule has 7 heteroatoms. The van der Waals surface area contributed by atoms with E-state index in [2.05, 4.69) is 37.2 Å². The van der Waals surface area contributed by atoms with Crippen LogP contribution in [0.2, 0.25) is 0 Å². The molecular formula is C17H13Br2NO4. The van der Waals surface area contributed by atoms with E-state index in [4.69, 9.17) is 4.74 Å². The van der Waals surface area contributed by atoms with Crippen molar-refractivity contribution < 1.29 is 19.1 Å². The summed E-state index contributed by atoms with van der Waals surface area (Å²) in [5.74, 6) is -1.38. The Morgan fingerprint density at radius 2 is 1.33 bits per heavy atom. The molecule has 2 aromatic rings. The highest BCUT2D eigenvalue weighted by molar-refractivity contribution is 9.10. The largest absolute Gasteiger partial charge is 0.456 e. The first-order chi connectivity index (χ1) is 11.5. The van der Waals surface area contributed by atoms with Crippen LogP contribution in [0, 0.1) is 0 Å². The first kappa shape index (κ1) is 18.4. The zero-order valence-electron chi connectivity index (χ0n) is 12.4. The van der Waals surface area contributed by atoms with Gasteiger partial charge in [0.25, 0.3) is 5.91 Å². The van der Waals surface area contributed by atoms with Gasteiger partial charge in [0.05, 0.1) is 0 Å². The van der Waals surface area contributed by atoms with E-state index in [1.165, 1.54) is 0 Å². The molecule has 0 unspecified atom stereocenters. The van der Waals surface area contributed by atoms with Gasteiger partial charge in [-0.3, -0.25) is 14.4 Å². The smallest absolute Gasteiger partial charge is 0.325 e. The van der Waals surface area contributed by atoms with Crippen molar-refractivity contribution in [2.45, 2.75) is 0 Å². The lowest BCUT2D eigenvalue weighted by atomic mass is 10.1. The number of hydrogen-bond donors (Lipinski definition) is 1. The van der Waals surface area contributed by atoms with E-state index in [1.54, 1.807) is 48.5 Å². The molecule has 0 radical (unpaired) electrons. The van der Waals surface area contributed by atoms with Gasteiger partial charge in [0.15, 0.2) is 12.4 Å². The molecule has 0 bridgehead atoms. The van der Waals surface area contributed by atoms with Crippen LogP contribution in [-0.2, 0) is 9.53 Å². The molecule has 0 spiro atoms.